The Kier molecular flexibility index (Phi) is 8.91. The molecule has 0 bridgehead atoms. The third-order valence-electron chi connectivity index (χ3n) is 6.09. The van der Waals surface area contributed by atoms with Gasteiger partial charge in [0.25, 0.3) is 10.0 Å². The number of para-hydroxylation sites is 1. The van der Waals surface area contributed by atoms with Gasteiger partial charge in [-0.15, -0.1) is 0 Å². The molecule has 38 heavy (non-hydrogen) atoms. The molecule has 8 nitrogen and oxygen atoms in total. The van der Waals surface area contributed by atoms with Crippen LogP contribution < -0.4 is 10.0 Å². The molecule has 1 aliphatic heterocycles. The van der Waals surface area contributed by atoms with E-state index in [9.17, 15) is 21.6 Å². The predicted molar refractivity (Wildman–Crippen MR) is 151 cm³/mol. The molecule has 202 valence electrons. The summed E-state index contributed by atoms with van der Waals surface area (Å²) in [5.74, 6) is -1.30. The lowest BCUT2D eigenvalue weighted by atomic mass is 9.99. The topological polar surface area (TPSA) is 113 Å². The smallest absolute Gasteiger partial charge is 0.261 e. The van der Waals surface area contributed by atoms with Crippen LogP contribution in [0.25, 0.3) is 0 Å². The van der Waals surface area contributed by atoms with Crippen molar-refractivity contribution in [2.24, 2.45) is 5.92 Å². The first kappa shape index (κ1) is 28.7. The number of hydrogen-bond acceptors (Lipinski definition) is 5. The monoisotopic (exact) mass is 615 g/mol. The third-order valence-corrected chi connectivity index (χ3v) is 10.3. The van der Waals surface area contributed by atoms with E-state index in [1.54, 1.807) is 42.5 Å². The van der Waals surface area contributed by atoms with Gasteiger partial charge in [-0.3, -0.25) is 9.52 Å². The molecule has 13 heteroatoms. The van der Waals surface area contributed by atoms with E-state index in [0.717, 1.165) is 0 Å². The fourth-order valence-corrected chi connectivity index (χ4v) is 7.74. The van der Waals surface area contributed by atoms with E-state index in [1.165, 1.54) is 28.6 Å². The Balaban J connectivity index is 1.40. The molecule has 0 radical (unpaired) electrons. The van der Waals surface area contributed by atoms with Crippen molar-refractivity contribution in [1.82, 2.24) is 4.31 Å². The highest BCUT2D eigenvalue weighted by atomic mass is 35.5. The molecule has 1 aliphatic rings. The Morgan fingerprint density at radius 1 is 0.868 bits per heavy atom. The second-order valence-corrected chi connectivity index (χ2v) is 13.6. The highest BCUT2D eigenvalue weighted by Gasteiger charge is 2.33. The molecule has 0 spiro atoms. The molecule has 1 atom stereocenters. The van der Waals surface area contributed by atoms with E-state index in [-0.39, 0.29) is 43.9 Å². The quantitative estimate of drug-likeness (QED) is 0.341. The number of carbonyl (C=O) groups is 1. The van der Waals surface area contributed by atoms with Gasteiger partial charge in [0.2, 0.25) is 15.9 Å². The second kappa shape index (κ2) is 11.8. The zero-order valence-electron chi connectivity index (χ0n) is 19.9. The van der Waals surface area contributed by atoms with Crippen molar-refractivity contribution in [1.29, 1.82) is 0 Å². The number of nitrogens with zero attached hydrogens (tertiary/aromatic N) is 1. The molecule has 2 N–H and O–H groups in total. The van der Waals surface area contributed by atoms with Crippen molar-refractivity contribution in [3.05, 3.63) is 87.4 Å². The Hall–Kier alpha value is -2.34. The number of amides is 1. The van der Waals surface area contributed by atoms with Crippen LogP contribution in [0.2, 0.25) is 15.1 Å². The minimum Gasteiger partial charge on any atom is -0.326 e. The van der Waals surface area contributed by atoms with E-state index in [0.29, 0.717) is 30.6 Å². The largest absolute Gasteiger partial charge is 0.326 e. The average molecular weight is 617 g/mol. The summed E-state index contributed by atoms with van der Waals surface area (Å²) in [6.45, 7) is 0.309. The van der Waals surface area contributed by atoms with Crippen molar-refractivity contribution in [3.63, 3.8) is 0 Å². The van der Waals surface area contributed by atoms with E-state index in [1.807, 2.05) is 0 Å². The van der Waals surface area contributed by atoms with Gasteiger partial charge in [-0.05, 0) is 61.4 Å². The molecule has 1 amide bonds. The number of benzene rings is 3. The van der Waals surface area contributed by atoms with Crippen molar-refractivity contribution in [2.45, 2.75) is 23.5 Å². The van der Waals surface area contributed by atoms with Crippen LogP contribution in [-0.4, -0.2) is 40.1 Å². The highest BCUT2D eigenvalue weighted by molar-refractivity contribution is 7.92. The summed E-state index contributed by atoms with van der Waals surface area (Å²) in [4.78, 5) is 12.9. The van der Waals surface area contributed by atoms with Gasteiger partial charge in [-0.25, -0.2) is 21.1 Å². The number of rotatable bonds is 8. The highest BCUT2D eigenvalue weighted by Crippen LogP contribution is 2.30. The molecule has 4 rings (SSSR count). The molecule has 1 saturated heterocycles. The van der Waals surface area contributed by atoms with Gasteiger partial charge in [-0.1, -0.05) is 53.0 Å². The predicted octanol–water partition coefficient (Wildman–Crippen LogP) is 5.63. The normalized spacial score (nSPS) is 16.7. The van der Waals surface area contributed by atoms with Crippen LogP contribution in [0.4, 0.5) is 11.4 Å². The van der Waals surface area contributed by atoms with Crippen molar-refractivity contribution in [3.8, 4) is 0 Å². The Bertz CT molecular complexity index is 1530. The van der Waals surface area contributed by atoms with Crippen LogP contribution in [0, 0.1) is 5.92 Å². The molecule has 0 saturated carbocycles. The minimum absolute atomic E-state index is 0.0106. The standard InChI is InChI=1S/C25H24Cl3N3O5S2/c26-21-7-3-8-22(27)20(21)16-37(33,34)31-14-4-5-17(15-31)25(32)29-18-10-12-19(13-11-18)38(35,36)30-24-9-2-1-6-23(24)28/h1-3,6-13,17,30H,4-5,14-16H2,(H,29,32). The van der Waals surface area contributed by atoms with Gasteiger partial charge in [0, 0.05) is 34.4 Å². The zero-order valence-corrected chi connectivity index (χ0v) is 23.8. The average Bonchev–Trinajstić information content (AvgIpc) is 2.88. The number of anilines is 2. The van der Waals surface area contributed by atoms with Crippen LogP contribution in [0.15, 0.2) is 71.6 Å². The lowest BCUT2D eigenvalue weighted by Gasteiger charge is -2.31. The van der Waals surface area contributed by atoms with E-state index >= 15 is 0 Å². The number of piperidine rings is 1. The van der Waals surface area contributed by atoms with Crippen molar-refractivity contribution >= 4 is 72.1 Å². The number of nitrogens with one attached hydrogen (secondary N) is 2. The first-order valence-electron chi connectivity index (χ1n) is 11.6. The number of halogens is 3. The van der Waals surface area contributed by atoms with Gasteiger partial charge < -0.3 is 5.32 Å². The number of sulfonamides is 2. The van der Waals surface area contributed by atoms with Crippen LogP contribution in [-0.2, 0) is 30.6 Å². The van der Waals surface area contributed by atoms with Gasteiger partial charge in [0.05, 0.1) is 27.3 Å². The molecule has 1 heterocycles. The maximum atomic E-state index is 13.1. The summed E-state index contributed by atoms with van der Waals surface area (Å²) in [5.41, 5.74) is 0.955. The van der Waals surface area contributed by atoms with Crippen LogP contribution >= 0.6 is 34.8 Å². The summed E-state index contributed by atoms with van der Waals surface area (Å²) in [6, 6.07) is 16.9. The number of hydrogen-bond donors (Lipinski definition) is 2. The zero-order chi connectivity index (χ0) is 27.5. The fourth-order valence-electron chi connectivity index (χ4n) is 4.06. The molecule has 1 unspecified atom stereocenters. The lowest BCUT2D eigenvalue weighted by molar-refractivity contribution is -0.120. The molecular formula is C25H24Cl3N3O5S2. The summed E-state index contributed by atoms with van der Waals surface area (Å²) < 4.78 is 55.3. The van der Waals surface area contributed by atoms with E-state index in [2.05, 4.69) is 10.0 Å². The molecule has 3 aromatic carbocycles. The summed E-state index contributed by atoms with van der Waals surface area (Å²) in [7, 11) is -7.67. The molecular weight excluding hydrogens is 593 g/mol. The molecule has 0 aliphatic carbocycles. The van der Waals surface area contributed by atoms with Gasteiger partial charge in [0.15, 0.2) is 0 Å². The van der Waals surface area contributed by atoms with Crippen LogP contribution in [0.5, 0.6) is 0 Å². The van der Waals surface area contributed by atoms with Crippen LogP contribution in [0.3, 0.4) is 0 Å². The maximum absolute atomic E-state index is 13.1. The Morgan fingerprint density at radius 3 is 2.16 bits per heavy atom. The van der Waals surface area contributed by atoms with E-state index in [4.69, 9.17) is 34.8 Å². The molecule has 0 aromatic heterocycles. The lowest BCUT2D eigenvalue weighted by Crippen LogP contribution is -2.44. The van der Waals surface area contributed by atoms with Gasteiger partial charge >= 0.3 is 0 Å². The Labute approximate surface area is 237 Å². The summed E-state index contributed by atoms with van der Waals surface area (Å²) >= 11 is 18.3. The van der Waals surface area contributed by atoms with Gasteiger partial charge in [-0.2, -0.15) is 0 Å². The summed E-state index contributed by atoms with van der Waals surface area (Å²) in [6.07, 6.45) is 1.03. The summed E-state index contributed by atoms with van der Waals surface area (Å²) in [5, 5.41) is 3.54. The SMILES string of the molecule is O=C(Nc1ccc(S(=O)(=O)Nc2ccccc2Cl)cc1)C1CCCN(S(=O)(=O)Cc2c(Cl)cccc2Cl)C1. The van der Waals surface area contributed by atoms with E-state index < -0.39 is 26.0 Å². The van der Waals surface area contributed by atoms with Crippen molar-refractivity contribution < 1.29 is 21.6 Å². The first-order valence-corrected chi connectivity index (χ1v) is 15.8. The molecule has 3 aromatic rings. The van der Waals surface area contributed by atoms with Gasteiger partial charge in [0.1, 0.15) is 0 Å². The second-order valence-electron chi connectivity index (χ2n) is 8.75. The third kappa shape index (κ3) is 6.80. The number of carbonyl (C=O) groups excluding carboxylic acids is 1. The Morgan fingerprint density at radius 2 is 1.50 bits per heavy atom. The fraction of sp³-hybridized carbons (Fsp3) is 0.240. The van der Waals surface area contributed by atoms with Crippen LogP contribution in [0.1, 0.15) is 18.4 Å². The minimum atomic E-state index is -3.90. The molecule has 1 fully saturated rings. The van der Waals surface area contributed by atoms with Crippen molar-refractivity contribution in [2.75, 3.05) is 23.1 Å². The first-order chi connectivity index (χ1) is 18.0. The maximum Gasteiger partial charge on any atom is 0.261 e.